The van der Waals surface area contributed by atoms with E-state index in [1.807, 2.05) is 24.5 Å². The van der Waals surface area contributed by atoms with Crippen molar-refractivity contribution in [1.29, 1.82) is 0 Å². The Morgan fingerprint density at radius 3 is 2.63 bits per heavy atom. The monoisotopic (exact) mass is 467 g/mol. The summed E-state index contributed by atoms with van der Waals surface area (Å²) in [7, 11) is 6.28. The number of nitrogens with zero attached hydrogens (tertiary/aromatic N) is 7. The van der Waals surface area contributed by atoms with Gasteiger partial charge in [-0.1, -0.05) is 6.07 Å². The second-order valence-corrected chi connectivity index (χ2v) is 9.53. The highest BCUT2D eigenvalue weighted by molar-refractivity contribution is 5.95. The van der Waals surface area contributed by atoms with Crippen LogP contribution in [0.15, 0.2) is 48.8 Å². The number of aromatic amines is 2. The summed E-state index contributed by atoms with van der Waals surface area (Å²) >= 11 is 0. The van der Waals surface area contributed by atoms with Crippen LogP contribution in [0.3, 0.4) is 0 Å². The van der Waals surface area contributed by atoms with Crippen LogP contribution in [-0.4, -0.2) is 87.3 Å². The predicted octanol–water partition coefficient (Wildman–Crippen LogP) is 3.38. The Morgan fingerprint density at radius 2 is 1.80 bits per heavy atom. The molecule has 35 heavy (non-hydrogen) atoms. The number of aromatic nitrogens is 6. The van der Waals surface area contributed by atoms with Gasteiger partial charge >= 0.3 is 0 Å². The lowest BCUT2D eigenvalue weighted by atomic mass is 10.1. The van der Waals surface area contributed by atoms with Crippen molar-refractivity contribution < 1.29 is 0 Å². The van der Waals surface area contributed by atoms with Gasteiger partial charge in [-0.3, -0.25) is 10.1 Å². The van der Waals surface area contributed by atoms with E-state index < -0.39 is 0 Å². The Bertz CT molecular complexity index is 1490. The highest BCUT2D eigenvalue weighted by Gasteiger charge is 2.20. The van der Waals surface area contributed by atoms with Crippen molar-refractivity contribution in [2.24, 2.45) is 0 Å². The van der Waals surface area contributed by atoms with E-state index in [1.165, 1.54) is 0 Å². The van der Waals surface area contributed by atoms with Gasteiger partial charge in [-0.15, -0.1) is 0 Å². The number of rotatable bonds is 5. The Balaban J connectivity index is 1.39. The fourth-order valence-electron chi connectivity index (χ4n) is 4.74. The molecule has 5 aromatic rings. The molecular formula is C26H29N9. The van der Waals surface area contributed by atoms with Gasteiger partial charge in [-0.2, -0.15) is 5.10 Å². The van der Waals surface area contributed by atoms with E-state index in [2.05, 4.69) is 80.3 Å². The van der Waals surface area contributed by atoms with Gasteiger partial charge in [0.25, 0.3) is 0 Å². The fourth-order valence-corrected chi connectivity index (χ4v) is 4.74. The molecule has 0 atom stereocenters. The van der Waals surface area contributed by atoms with Crippen LogP contribution in [0.25, 0.3) is 44.8 Å². The molecule has 5 heterocycles. The number of benzene rings is 1. The number of hydrogen-bond donors (Lipinski definition) is 2. The summed E-state index contributed by atoms with van der Waals surface area (Å²) in [6, 6.07) is 12.5. The molecule has 1 saturated heterocycles. The summed E-state index contributed by atoms with van der Waals surface area (Å²) in [6.45, 7) is 4.92. The molecule has 9 nitrogen and oxygen atoms in total. The molecule has 6 rings (SSSR count). The van der Waals surface area contributed by atoms with Crippen LogP contribution >= 0.6 is 0 Å². The third kappa shape index (κ3) is 4.13. The zero-order valence-corrected chi connectivity index (χ0v) is 20.3. The minimum absolute atomic E-state index is 0.719. The van der Waals surface area contributed by atoms with Crippen LogP contribution in [0.2, 0.25) is 0 Å². The summed E-state index contributed by atoms with van der Waals surface area (Å²) in [5, 5.41) is 7.70. The Morgan fingerprint density at radius 1 is 0.943 bits per heavy atom. The van der Waals surface area contributed by atoms with E-state index in [9.17, 15) is 0 Å². The molecule has 2 N–H and O–H groups in total. The van der Waals surface area contributed by atoms with Gasteiger partial charge in [-0.25, -0.2) is 9.97 Å². The molecule has 178 valence electrons. The highest BCUT2D eigenvalue weighted by atomic mass is 15.3. The van der Waals surface area contributed by atoms with Gasteiger partial charge < -0.3 is 19.7 Å². The Hall–Kier alpha value is -3.82. The van der Waals surface area contributed by atoms with Gasteiger partial charge in [0.2, 0.25) is 0 Å². The molecule has 9 heteroatoms. The summed E-state index contributed by atoms with van der Waals surface area (Å²) in [5.41, 5.74) is 8.53. The lowest BCUT2D eigenvalue weighted by Crippen LogP contribution is -2.44. The standard InChI is InChI=1S/C26H29N9/c1-33(2)16-17-13-18(15-27-14-17)19-7-8-21-24(28-19)25(32-31-21)26-29-20-5-4-6-22(23(20)30-26)35-11-9-34(3)10-12-35/h4-8,13-15H,9-12,16H2,1-3H3,(H,29,30)(H,31,32). The molecule has 4 aromatic heterocycles. The molecule has 1 aromatic carbocycles. The SMILES string of the molecule is CN(C)Cc1cncc(-c2ccc3[nH]nc(-c4nc5c(N6CCN(C)CC6)cccc5[nH]4)c3n2)c1. The van der Waals surface area contributed by atoms with Crippen LogP contribution in [0, 0.1) is 0 Å². The van der Waals surface area contributed by atoms with Gasteiger partial charge in [-0.05, 0) is 57.0 Å². The molecule has 0 amide bonds. The number of H-pyrrole nitrogens is 2. The van der Waals surface area contributed by atoms with Crippen molar-refractivity contribution >= 4 is 27.8 Å². The molecular weight excluding hydrogens is 438 g/mol. The second-order valence-electron chi connectivity index (χ2n) is 9.53. The molecule has 1 aliphatic rings. The van der Waals surface area contributed by atoms with Crippen LogP contribution < -0.4 is 4.90 Å². The predicted molar refractivity (Wildman–Crippen MR) is 139 cm³/mol. The minimum Gasteiger partial charge on any atom is -0.367 e. The minimum atomic E-state index is 0.719. The number of hydrogen-bond acceptors (Lipinski definition) is 7. The quantitative estimate of drug-likeness (QED) is 0.409. The lowest BCUT2D eigenvalue weighted by Gasteiger charge is -2.34. The van der Waals surface area contributed by atoms with E-state index in [-0.39, 0.29) is 0 Å². The number of piperazine rings is 1. The molecule has 0 spiro atoms. The zero-order valence-electron chi connectivity index (χ0n) is 20.3. The molecule has 1 fully saturated rings. The zero-order chi connectivity index (χ0) is 23.9. The van der Waals surface area contributed by atoms with Crippen molar-refractivity contribution in [3.05, 3.63) is 54.4 Å². The van der Waals surface area contributed by atoms with E-state index in [0.717, 1.165) is 88.8 Å². The first-order chi connectivity index (χ1) is 17.0. The maximum atomic E-state index is 5.00. The average molecular weight is 468 g/mol. The van der Waals surface area contributed by atoms with E-state index in [1.54, 1.807) is 0 Å². The third-order valence-corrected chi connectivity index (χ3v) is 6.56. The normalized spacial score (nSPS) is 15.0. The second kappa shape index (κ2) is 8.75. The van der Waals surface area contributed by atoms with Crippen LogP contribution in [0.1, 0.15) is 5.56 Å². The fraction of sp³-hybridized carbons (Fsp3) is 0.308. The number of pyridine rings is 2. The molecule has 0 radical (unpaired) electrons. The summed E-state index contributed by atoms with van der Waals surface area (Å²) in [4.78, 5) is 24.8. The lowest BCUT2D eigenvalue weighted by molar-refractivity contribution is 0.313. The maximum Gasteiger partial charge on any atom is 0.161 e. The van der Waals surface area contributed by atoms with E-state index in [0.29, 0.717) is 0 Å². The van der Waals surface area contributed by atoms with E-state index in [4.69, 9.17) is 9.97 Å². The molecule has 0 bridgehead atoms. The van der Waals surface area contributed by atoms with Crippen molar-refractivity contribution in [2.75, 3.05) is 52.2 Å². The maximum absolute atomic E-state index is 5.00. The van der Waals surface area contributed by atoms with Crippen molar-refractivity contribution in [3.63, 3.8) is 0 Å². The number of likely N-dealkylation sites (N-methyl/N-ethyl adjacent to an activating group) is 1. The first-order valence-electron chi connectivity index (χ1n) is 11.9. The summed E-state index contributed by atoms with van der Waals surface area (Å²) in [5.74, 6) is 0.719. The van der Waals surface area contributed by atoms with Crippen molar-refractivity contribution in [2.45, 2.75) is 6.54 Å². The number of anilines is 1. The molecule has 0 saturated carbocycles. The average Bonchev–Trinajstić information content (AvgIpc) is 3.48. The largest absolute Gasteiger partial charge is 0.367 e. The summed E-state index contributed by atoms with van der Waals surface area (Å²) in [6.07, 6.45) is 3.76. The molecule has 0 aliphatic carbocycles. The smallest absolute Gasteiger partial charge is 0.161 e. The van der Waals surface area contributed by atoms with Crippen molar-refractivity contribution in [1.82, 2.24) is 39.9 Å². The summed E-state index contributed by atoms with van der Waals surface area (Å²) < 4.78 is 0. The highest BCUT2D eigenvalue weighted by Crippen LogP contribution is 2.31. The third-order valence-electron chi connectivity index (χ3n) is 6.56. The van der Waals surface area contributed by atoms with Crippen molar-refractivity contribution in [3.8, 4) is 22.8 Å². The Kier molecular flexibility index (Phi) is 5.43. The van der Waals surface area contributed by atoms with Crippen LogP contribution in [0.5, 0.6) is 0 Å². The van der Waals surface area contributed by atoms with Crippen LogP contribution in [-0.2, 0) is 6.54 Å². The molecule has 1 aliphatic heterocycles. The van der Waals surface area contributed by atoms with E-state index >= 15 is 0 Å². The number of fused-ring (bicyclic) bond motifs is 2. The first-order valence-corrected chi connectivity index (χ1v) is 11.9. The van der Waals surface area contributed by atoms with Gasteiger partial charge in [0.15, 0.2) is 11.5 Å². The topological polar surface area (TPSA) is 92.9 Å². The van der Waals surface area contributed by atoms with Gasteiger partial charge in [0.05, 0.1) is 22.4 Å². The van der Waals surface area contributed by atoms with Gasteiger partial charge in [0.1, 0.15) is 11.0 Å². The number of para-hydroxylation sites is 1. The first kappa shape index (κ1) is 21.7. The Labute approximate surface area is 203 Å². The van der Waals surface area contributed by atoms with Gasteiger partial charge in [0, 0.05) is 50.7 Å². The van der Waals surface area contributed by atoms with Crippen LogP contribution in [0.4, 0.5) is 5.69 Å². The number of imidazole rings is 1. The molecule has 0 unspecified atom stereocenters. The number of nitrogens with one attached hydrogen (secondary N) is 2.